The van der Waals surface area contributed by atoms with Gasteiger partial charge in [-0.25, -0.2) is 17.4 Å². The fourth-order valence-corrected chi connectivity index (χ4v) is 5.59. The normalized spacial score (nSPS) is 16.2. The second-order valence-electron chi connectivity index (χ2n) is 8.40. The molecule has 32 heavy (non-hydrogen) atoms. The van der Waals surface area contributed by atoms with Gasteiger partial charge in [0, 0.05) is 25.4 Å². The summed E-state index contributed by atoms with van der Waals surface area (Å²) in [6.45, 7) is 5.63. The van der Waals surface area contributed by atoms with Crippen LogP contribution >= 0.6 is 0 Å². The van der Waals surface area contributed by atoms with Crippen molar-refractivity contribution >= 4 is 16.0 Å². The number of hydrogen-bond acceptors (Lipinski definition) is 7. The summed E-state index contributed by atoms with van der Waals surface area (Å²) in [5.41, 5.74) is 3.12. The molecule has 0 bridgehead atoms. The van der Waals surface area contributed by atoms with Crippen molar-refractivity contribution in [2.75, 3.05) is 33.4 Å². The van der Waals surface area contributed by atoms with E-state index in [1.807, 2.05) is 19.1 Å². The zero-order valence-corrected chi connectivity index (χ0v) is 19.8. The first-order chi connectivity index (χ1) is 15.1. The first kappa shape index (κ1) is 24.2. The van der Waals surface area contributed by atoms with E-state index in [1.165, 1.54) is 25.3 Å². The molecule has 2 heterocycles. The van der Waals surface area contributed by atoms with Gasteiger partial charge in [-0.15, -0.1) is 5.10 Å². The molecule has 0 unspecified atom stereocenters. The minimum absolute atomic E-state index is 0.0686. The summed E-state index contributed by atoms with van der Waals surface area (Å²) in [5.74, 6) is -0.0723. The Morgan fingerprint density at radius 1 is 1.25 bits per heavy atom. The number of aromatic nitrogens is 2. The fraction of sp³-hybridized carbons (Fsp3) is 0.545. The number of esters is 1. The number of aliphatic hydroxyl groups is 1. The standard InChI is InChI=1S/C22H31N3O6S/c1-16-15-18(5-6-19(16)25-12-9-20(23-25)31-14-13-26)17-7-10-24(11-8-17)32(28,29)22(2,3)21(27)30-4/h5-6,9,12,15,17,26H,7-8,10-11,13-14H2,1-4H3. The number of benzene rings is 1. The molecule has 0 amide bonds. The van der Waals surface area contributed by atoms with E-state index in [0.717, 1.165) is 16.8 Å². The number of nitrogens with zero attached hydrogens (tertiary/aromatic N) is 3. The number of methoxy groups -OCH3 is 1. The van der Waals surface area contributed by atoms with E-state index in [-0.39, 0.29) is 19.1 Å². The minimum atomic E-state index is -3.81. The number of hydrogen-bond donors (Lipinski definition) is 1. The molecule has 1 aromatic carbocycles. The maximum atomic E-state index is 13.0. The van der Waals surface area contributed by atoms with Gasteiger partial charge >= 0.3 is 5.97 Å². The predicted molar refractivity (Wildman–Crippen MR) is 119 cm³/mol. The van der Waals surface area contributed by atoms with Gasteiger partial charge in [0.1, 0.15) is 6.61 Å². The average molecular weight is 466 g/mol. The Bertz CT molecular complexity index is 1060. The van der Waals surface area contributed by atoms with Crippen molar-refractivity contribution in [3.05, 3.63) is 41.6 Å². The van der Waals surface area contributed by atoms with E-state index >= 15 is 0 Å². The Morgan fingerprint density at radius 3 is 2.53 bits per heavy atom. The summed E-state index contributed by atoms with van der Waals surface area (Å²) in [6.07, 6.45) is 3.16. The van der Waals surface area contributed by atoms with Gasteiger partial charge in [-0.2, -0.15) is 0 Å². The third kappa shape index (κ3) is 4.67. The van der Waals surface area contributed by atoms with Crippen LogP contribution in [0.15, 0.2) is 30.5 Å². The van der Waals surface area contributed by atoms with Crippen LogP contribution < -0.4 is 4.74 Å². The molecule has 0 atom stereocenters. The smallest absolute Gasteiger partial charge is 0.328 e. The lowest BCUT2D eigenvalue weighted by atomic mass is 9.89. The largest absolute Gasteiger partial charge is 0.474 e. The second kappa shape index (κ2) is 9.60. The summed E-state index contributed by atoms with van der Waals surface area (Å²) in [7, 11) is -2.62. The number of aliphatic hydroxyl groups excluding tert-OH is 1. The van der Waals surface area contributed by atoms with Gasteiger partial charge in [-0.05, 0) is 56.7 Å². The number of piperidine rings is 1. The van der Waals surface area contributed by atoms with E-state index in [1.54, 1.807) is 16.9 Å². The molecule has 0 saturated carbocycles. The average Bonchev–Trinajstić information content (AvgIpc) is 3.25. The van der Waals surface area contributed by atoms with Crippen LogP contribution in [0.3, 0.4) is 0 Å². The molecule has 1 N–H and O–H groups in total. The monoisotopic (exact) mass is 465 g/mol. The maximum absolute atomic E-state index is 13.0. The van der Waals surface area contributed by atoms with Gasteiger partial charge in [0.2, 0.25) is 15.9 Å². The molecule has 3 rings (SSSR count). The third-order valence-corrected chi connectivity index (χ3v) is 8.46. The highest BCUT2D eigenvalue weighted by Gasteiger charge is 2.47. The van der Waals surface area contributed by atoms with Crippen molar-refractivity contribution in [3.8, 4) is 11.6 Å². The maximum Gasteiger partial charge on any atom is 0.328 e. The zero-order valence-electron chi connectivity index (χ0n) is 18.9. The van der Waals surface area contributed by atoms with Crippen LogP contribution in [-0.4, -0.2) is 71.7 Å². The SMILES string of the molecule is COC(=O)C(C)(C)S(=O)(=O)N1CCC(c2ccc(-n3ccc(OCCO)n3)c(C)c2)CC1. The van der Waals surface area contributed by atoms with Crippen LogP contribution in [0.25, 0.3) is 5.69 Å². The van der Waals surface area contributed by atoms with Gasteiger partial charge in [-0.3, -0.25) is 4.79 Å². The number of carbonyl (C=O) groups excluding carboxylic acids is 1. The molecule has 1 aliphatic rings. The Hall–Kier alpha value is -2.43. The van der Waals surface area contributed by atoms with Crippen LogP contribution in [0.5, 0.6) is 5.88 Å². The first-order valence-corrected chi connectivity index (χ1v) is 12.0. The first-order valence-electron chi connectivity index (χ1n) is 10.6. The number of rotatable bonds is 8. The Balaban J connectivity index is 1.69. The summed E-state index contributed by atoms with van der Waals surface area (Å²) in [5, 5.41) is 13.2. The fourth-order valence-electron chi connectivity index (χ4n) is 3.96. The molecule has 0 aliphatic carbocycles. The molecule has 0 radical (unpaired) electrons. The Morgan fingerprint density at radius 2 is 1.94 bits per heavy atom. The quantitative estimate of drug-likeness (QED) is 0.594. The van der Waals surface area contributed by atoms with E-state index in [9.17, 15) is 13.2 Å². The van der Waals surface area contributed by atoms with Crippen molar-refractivity contribution in [1.29, 1.82) is 0 Å². The van der Waals surface area contributed by atoms with Crippen LogP contribution in [0.1, 0.15) is 43.7 Å². The molecule has 9 nitrogen and oxygen atoms in total. The van der Waals surface area contributed by atoms with Gasteiger partial charge in [-0.1, -0.05) is 12.1 Å². The summed E-state index contributed by atoms with van der Waals surface area (Å²) < 4.78 is 37.5. The van der Waals surface area contributed by atoms with Crippen molar-refractivity contribution in [2.45, 2.75) is 44.3 Å². The van der Waals surface area contributed by atoms with Crippen molar-refractivity contribution in [2.24, 2.45) is 0 Å². The topological polar surface area (TPSA) is 111 Å². The van der Waals surface area contributed by atoms with E-state index in [4.69, 9.17) is 14.6 Å². The zero-order chi connectivity index (χ0) is 23.5. The number of aryl methyl sites for hydroxylation is 1. The Labute approximate surface area is 189 Å². The van der Waals surface area contributed by atoms with Crippen LogP contribution in [0.4, 0.5) is 0 Å². The van der Waals surface area contributed by atoms with Crippen LogP contribution in [0, 0.1) is 6.92 Å². The molecular weight excluding hydrogens is 434 g/mol. The summed E-state index contributed by atoms with van der Waals surface area (Å²) in [4.78, 5) is 12.0. The number of ether oxygens (including phenoxy) is 2. The lowest BCUT2D eigenvalue weighted by molar-refractivity contribution is -0.142. The molecule has 1 fully saturated rings. The van der Waals surface area contributed by atoms with E-state index in [0.29, 0.717) is 31.8 Å². The lowest BCUT2D eigenvalue weighted by Crippen LogP contribution is -2.52. The van der Waals surface area contributed by atoms with Crippen molar-refractivity contribution in [1.82, 2.24) is 14.1 Å². The van der Waals surface area contributed by atoms with E-state index in [2.05, 4.69) is 11.2 Å². The predicted octanol–water partition coefficient (Wildman–Crippen LogP) is 2.01. The molecule has 1 aromatic heterocycles. The van der Waals surface area contributed by atoms with Gasteiger partial charge < -0.3 is 14.6 Å². The van der Waals surface area contributed by atoms with Gasteiger partial charge in [0.15, 0.2) is 4.75 Å². The highest BCUT2D eigenvalue weighted by atomic mass is 32.2. The van der Waals surface area contributed by atoms with Gasteiger partial charge in [0.05, 0.1) is 19.4 Å². The molecule has 176 valence electrons. The van der Waals surface area contributed by atoms with Crippen LogP contribution in [-0.2, 0) is 19.6 Å². The summed E-state index contributed by atoms with van der Waals surface area (Å²) in [6, 6.07) is 7.90. The third-order valence-electron chi connectivity index (χ3n) is 5.96. The van der Waals surface area contributed by atoms with Crippen LogP contribution in [0.2, 0.25) is 0 Å². The minimum Gasteiger partial charge on any atom is -0.474 e. The molecule has 2 aromatic rings. The molecule has 0 spiro atoms. The summed E-state index contributed by atoms with van der Waals surface area (Å²) >= 11 is 0. The highest BCUT2D eigenvalue weighted by molar-refractivity contribution is 7.91. The number of carbonyl (C=O) groups is 1. The molecule has 1 saturated heterocycles. The number of sulfonamides is 1. The van der Waals surface area contributed by atoms with E-state index < -0.39 is 20.7 Å². The second-order valence-corrected chi connectivity index (χ2v) is 10.9. The van der Waals surface area contributed by atoms with Crippen molar-refractivity contribution in [3.63, 3.8) is 0 Å². The molecule has 10 heteroatoms. The van der Waals surface area contributed by atoms with Gasteiger partial charge in [0.25, 0.3) is 0 Å². The Kier molecular flexibility index (Phi) is 7.26. The molecule has 1 aliphatic heterocycles. The molecular formula is C22H31N3O6S. The van der Waals surface area contributed by atoms with Crippen molar-refractivity contribution < 1.29 is 27.8 Å². The highest BCUT2D eigenvalue weighted by Crippen LogP contribution is 2.33. The lowest BCUT2D eigenvalue weighted by Gasteiger charge is -2.35.